The molecular weight excluding hydrogens is 186 g/mol. The fourth-order valence-electron chi connectivity index (χ4n) is 1.59. The van der Waals surface area contributed by atoms with Crippen LogP contribution in [0.25, 0.3) is 0 Å². The van der Waals surface area contributed by atoms with E-state index in [9.17, 15) is 8.78 Å². The molecule has 3 heteroatoms. The van der Waals surface area contributed by atoms with E-state index in [1.807, 2.05) is 6.92 Å². The van der Waals surface area contributed by atoms with Crippen LogP contribution in [0.4, 0.5) is 8.78 Å². The molecule has 76 valence electrons. The molecule has 1 aliphatic rings. The molecular formula is C11H12F2O. The van der Waals surface area contributed by atoms with Crippen molar-refractivity contribution in [3.05, 3.63) is 35.4 Å². The van der Waals surface area contributed by atoms with Gasteiger partial charge in [0.25, 0.3) is 0 Å². The van der Waals surface area contributed by atoms with Crippen molar-refractivity contribution in [1.82, 2.24) is 0 Å². The molecule has 1 nitrogen and oxygen atoms in total. The Labute approximate surface area is 81.7 Å². The van der Waals surface area contributed by atoms with Crippen LogP contribution in [0.2, 0.25) is 0 Å². The van der Waals surface area contributed by atoms with Gasteiger partial charge in [0.1, 0.15) is 11.6 Å². The summed E-state index contributed by atoms with van der Waals surface area (Å²) in [6.45, 7) is 2.73. The van der Waals surface area contributed by atoms with E-state index < -0.39 is 11.6 Å². The molecule has 1 aromatic rings. The highest BCUT2D eigenvalue weighted by atomic mass is 19.1. The lowest BCUT2D eigenvalue weighted by Gasteiger charge is -2.10. The molecule has 0 aliphatic carbocycles. The minimum absolute atomic E-state index is 0.146. The summed E-state index contributed by atoms with van der Waals surface area (Å²) >= 11 is 0. The van der Waals surface area contributed by atoms with Gasteiger partial charge in [0.15, 0.2) is 0 Å². The summed E-state index contributed by atoms with van der Waals surface area (Å²) in [5.41, 5.74) is 0.706. The van der Waals surface area contributed by atoms with Crippen molar-refractivity contribution in [2.75, 3.05) is 6.61 Å². The van der Waals surface area contributed by atoms with Gasteiger partial charge < -0.3 is 4.74 Å². The third-order valence-electron chi connectivity index (χ3n) is 2.47. The molecule has 0 radical (unpaired) electrons. The lowest BCUT2D eigenvalue weighted by Crippen LogP contribution is -1.99. The molecule has 1 aromatic carbocycles. The van der Waals surface area contributed by atoms with Crippen LogP contribution in [0.5, 0.6) is 0 Å². The van der Waals surface area contributed by atoms with E-state index in [1.165, 1.54) is 12.1 Å². The zero-order valence-corrected chi connectivity index (χ0v) is 7.97. The predicted molar refractivity (Wildman–Crippen MR) is 49.1 cm³/mol. The van der Waals surface area contributed by atoms with Gasteiger partial charge >= 0.3 is 0 Å². The summed E-state index contributed by atoms with van der Waals surface area (Å²) in [4.78, 5) is 0. The van der Waals surface area contributed by atoms with E-state index in [-0.39, 0.29) is 12.0 Å². The summed E-state index contributed by atoms with van der Waals surface area (Å²) < 4.78 is 30.8. The van der Waals surface area contributed by atoms with Crippen molar-refractivity contribution in [1.29, 1.82) is 0 Å². The monoisotopic (exact) mass is 198 g/mol. The van der Waals surface area contributed by atoms with Gasteiger partial charge in [0.05, 0.1) is 12.7 Å². The van der Waals surface area contributed by atoms with Gasteiger partial charge in [-0.1, -0.05) is 6.92 Å². The second-order valence-corrected chi connectivity index (χ2v) is 3.79. The van der Waals surface area contributed by atoms with Crippen molar-refractivity contribution in [3.63, 3.8) is 0 Å². The molecule has 2 rings (SSSR count). The van der Waals surface area contributed by atoms with Gasteiger partial charge in [-0.2, -0.15) is 0 Å². The number of epoxide rings is 1. The summed E-state index contributed by atoms with van der Waals surface area (Å²) in [5.74, 6) is -0.875. The van der Waals surface area contributed by atoms with Gasteiger partial charge in [-0.15, -0.1) is 0 Å². The highest BCUT2D eigenvalue weighted by Crippen LogP contribution is 2.27. The average Bonchev–Trinajstić information content (AvgIpc) is 2.86. The third-order valence-corrected chi connectivity index (χ3v) is 2.47. The quantitative estimate of drug-likeness (QED) is 0.680. The standard InChI is InChI=1S/C11H12F2O/c1-7(2-11-6-14-11)8-3-9(12)5-10(13)4-8/h3-5,7,11H,2,6H2,1H3. The van der Waals surface area contributed by atoms with Gasteiger partial charge in [-0.3, -0.25) is 0 Å². The number of benzene rings is 1. The van der Waals surface area contributed by atoms with Crippen LogP contribution in [-0.4, -0.2) is 12.7 Å². The van der Waals surface area contributed by atoms with Crippen molar-refractivity contribution in [2.24, 2.45) is 0 Å². The van der Waals surface area contributed by atoms with Crippen molar-refractivity contribution >= 4 is 0 Å². The minimum Gasteiger partial charge on any atom is -0.373 e. The molecule has 1 aliphatic heterocycles. The SMILES string of the molecule is CC(CC1CO1)c1cc(F)cc(F)c1. The number of halogens is 2. The molecule has 1 saturated heterocycles. The van der Waals surface area contributed by atoms with Crippen LogP contribution in [0, 0.1) is 11.6 Å². The number of rotatable bonds is 3. The maximum Gasteiger partial charge on any atom is 0.126 e. The summed E-state index contributed by atoms with van der Waals surface area (Å²) in [7, 11) is 0. The third kappa shape index (κ3) is 2.29. The average molecular weight is 198 g/mol. The zero-order valence-electron chi connectivity index (χ0n) is 7.97. The normalized spacial score (nSPS) is 22.1. The molecule has 2 unspecified atom stereocenters. The minimum atomic E-state index is -0.511. The second-order valence-electron chi connectivity index (χ2n) is 3.79. The Hall–Kier alpha value is -0.960. The fraction of sp³-hybridized carbons (Fsp3) is 0.455. The first-order valence-electron chi connectivity index (χ1n) is 4.73. The lowest BCUT2D eigenvalue weighted by molar-refractivity contribution is 0.384. The lowest BCUT2D eigenvalue weighted by atomic mass is 9.96. The molecule has 0 amide bonds. The number of ether oxygens (including phenoxy) is 1. The molecule has 0 aromatic heterocycles. The predicted octanol–water partition coefficient (Wildman–Crippen LogP) is 2.86. The van der Waals surface area contributed by atoms with Crippen molar-refractivity contribution in [2.45, 2.75) is 25.4 Å². The topological polar surface area (TPSA) is 12.5 Å². The Kier molecular flexibility index (Phi) is 2.50. The molecule has 14 heavy (non-hydrogen) atoms. The van der Waals surface area contributed by atoms with Crippen molar-refractivity contribution < 1.29 is 13.5 Å². The van der Waals surface area contributed by atoms with Crippen LogP contribution >= 0.6 is 0 Å². The van der Waals surface area contributed by atoms with Crippen LogP contribution in [0.3, 0.4) is 0 Å². The molecule has 0 saturated carbocycles. The Bertz CT molecular complexity index is 314. The van der Waals surface area contributed by atoms with Gasteiger partial charge in [0.2, 0.25) is 0 Å². The molecule has 0 N–H and O–H groups in total. The van der Waals surface area contributed by atoms with Gasteiger partial charge in [-0.05, 0) is 30.0 Å². The van der Waals surface area contributed by atoms with E-state index in [0.717, 1.165) is 19.1 Å². The Balaban J connectivity index is 2.12. The summed E-state index contributed by atoms with van der Waals surface area (Å²) in [6.07, 6.45) is 1.12. The van der Waals surface area contributed by atoms with Crippen LogP contribution < -0.4 is 0 Å². The largest absolute Gasteiger partial charge is 0.373 e. The smallest absolute Gasteiger partial charge is 0.126 e. The number of hydrogen-bond donors (Lipinski definition) is 0. The highest BCUT2D eigenvalue weighted by Gasteiger charge is 2.25. The molecule has 1 fully saturated rings. The molecule has 0 spiro atoms. The fourth-order valence-corrected chi connectivity index (χ4v) is 1.59. The van der Waals surface area contributed by atoms with E-state index in [2.05, 4.69) is 0 Å². The van der Waals surface area contributed by atoms with E-state index in [4.69, 9.17) is 4.74 Å². The van der Waals surface area contributed by atoms with Crippen LogP contribution in [-0.2, 0) is 4.74 Å². The first kappa shape index (κ1) is 9.59. The van der Waals surface area contributed by atoms with Gasteiger partial charge in [-0.25, -0.2) is 8.78 Å². The Morgan fingerprint density at radius 2 is 1.93 bits per heavy atom. The van der Waals surface area contributed by atoms with Crippen molar-refractivity contribution in [3.8, 4) is 0 Å². The second kappa shape index (κ2) is 3.65. The Morgan fingerprint density at radius 1 is 1.36 bits per heavy atom. The first-order valence-corrected chi connectivity index (χ1v) is 4.73. The zero-order chi connectivity index (χ0) is 10.1. The summed E-state index contributed by atoms with van der Waals surface area (Å²) in [5, 5.41) is 0. The van der Waals surface area contributed by atoms with E-state index in [0.29, 0.717) is 5.56 Å². The number of hydrogen-bond acceptors (Lipinski definition) is 1. The molecule has 2 atom stereocenters. The van der Waals surface area contributed by atoms with Crippen LogP contribution in [0.15, 0.2) is 18.2 Å². The highest BCUT2D eigenvalue weighted by molar-refractivity contribution is 5.21. The Morgan fingerprint density at radius 3 is 2.43 bits per heavy atom. The van der Waals surface area contributed by atoms with E-state index >= 15 is 0 Å². The summed E-state index contributed by atoms with van der Waals surface area (Å²) in [6, 6.07) is 3.66. The maximum atomic E-state index is 12.9. The molecule has 1 heterocycles. The molecule has 0 bridgehead atoms. The van der Waals surface area contributed by atoms with E-state index in [1.54, 1.807) is 0 Å². The van der Waals surface area contributed by atoms with Crippen LogP contribution in [0.1, 0.15) is 24.8 Å². The van der Waals surface area contributed by atoms with Gasteiger partial charge in [0, 0.05) is 6.07 Å². The first-order chi connectivity index (χ1) is 6.65. The maximum absolute atomic E-state index is 12.9.